The number of hydrogen-bond donors (Lipinski definition) is 0. The van der Waals surface area contributed by atoms with Crippen LogP contribution >= 0.6 is 35.0 Å². The van der Waals surface area contributed by atoms with Crippen molar-refractivity contribution in [2.24, 2.45) is 4.99 Å². The lowest BCUT2D eigenvalue weighted by molar-refractivity contribution is -0.122. The first-order valence-electron chi connectivity index (χ1n) is 11.1. The van der Waals surface area contributed by atoms with E-state index < -0.39 is 0 Å². The molecule has 1 heterocycles. The van der Waals surface area contributed by atoms with Gasteiger partial charge in [0.25, 0.3) is 5.91 Å². The number of nitrogens with zero attached hydrogens (tertiary/aromatic N) is 2. The minimum atomic E-state index is -0.0913. The van der Waals surface area contributed by atoms with Crippen molar-refractivity contribution in [2.75, 3.05) is 20.8 Å². The van der Waals surface area contributed by atoms with Crippen LogP contribution in [-0.4, -0.2) is 36.7 Å². The van der Waals surface area contributed by atoms with Crippen LogP contribution < -0.4 is 14.2 Å². The molecule has 1 amide bonds. The van der Waals surface area contributed by atoms with E-state index in [-0.39, 0.29) is 12.5 Å². The molecule has 0 unspecified atom stereocenters. The van der Waals surface area contributed by atoms with Gasteiger partial charge in [0.2, 0.25) is 0 Å². The van der Waals surface area contributed by atoms with Gasteiger partial charge in [0, 0.05) is 22.2 Å². The van der Waals surface area contributed by atoms with Gasteiger partial charge < -0.3 is 14.2 Å². The van der Waals surface area contributed by atoms with Crippen LogP contribution in [0.15, 0.2) is 70.6 Å². The molecule has 1 aliphatic heterocycles. The highest BCUT2D eigenvalue weighted by molar-refractivity contribution is 8.18. The van der Waals surface area contributed by atoms with Crippen LogP contribution in [0.3, 0.4) is 0 Å². The molecule has 0 spiro atoms. The summed E-state index contributed by atoms with van der Waals surface area (Å²) in [6.45, 7) is 2.70. The Labute approximate surface area is 224 Å². The molecule has 0 N–H and O–H groups in total. The van der Waals surface area contributed by atoms with E-state index in [0.29, 0.717) is 38.2 Å². The van der Waals surface area contributed by atoms with Gasteiger partial charge in [-0.15, -0.1) is 0 Å². The van der Waals surface area contributed by atoms with Gasteiger partial charge in [-0.05, 0) is 78.9 Å². The lowest BCUT2D eigenvalue weighted by atomic mass is 10.1. The van der Waals surface area contributed by atoms with Crippen molar-refractivity contribution in [1.29, 1.82) is 0 Å². The number of carbonyl (C=O) groups is 1. The summed E-state index contributed by atoms with van der Waals surface area (Å²) in [5, 5.41) is 1.73. The molecule has 0 bridgehead atoms. The van der Waals surface area contributed by atoms with Crippen LogP contribution in [0.4, 0.5) is 5.69 Å². The van der Waals surface area contributed by atoms with Crippen LogP contribution in [0.5, 0.6) is 17.2 Å². The van der Waals surface area contributed by atoms with E-state index in [2.05, 4.69) is 4.99 Å². The zero-order chi connectivity index (χ0) is 25.7. The molecule has 1 fully saturated rings. The molecule has 186 valence electrons. The summed E-state index contributed by atoms with van der Waals surface area (Å²) in [6.07, 6.45) is 1.83. The maximum Gasteiger partial charge on any atom is 0.266 e. The van der Waals surface area contributed by atoms with Crippen molar-refractivity contribution in [1.82, 2.24) is 4.90 Å². The number of amides is 1. The van der Waals surface area contributed by atoms with Crippen molar-refractivity contribution in [3.8, 4) is 17.2 Å². The molecular formula is C27H24Cl2N2O4S. The molecule has 1 aliphatic rings. The van der Waals surface area contributed by atoms with E-state index >= 15 is 0 Å². The Bertz CT molecular complexity index is 1330. The highest BCUT2D eigenvalue weighted by Gasteiger charge is 2.32. The van der Waals surface area contributed by atoms with Gasteiger partial charge in [-0.25, -0.2) is 4.99 Å². The number of aliphatic imine (C=N–C) groups is 1. The Kier molecular flexibility index (Phi) is 8.46. The molecule has 0 radical (unpaired) electrons. The van der Waals surface area contributed by atoms with Gasteiger partial charge in [0.1, 0.15) is 12.4 Å². The summed E-state index contributed by atoms with van der Waals surface area (Å²) >= 11 is 13.6. The zero-order valence-electron chi connectivity index (χ0n) is 20.0. The Morgan fingerprint density at radius 3 is 2.42 bits per heavy atom. The summed E-state index contributed by atoms with van der Waals surface area (Å²) in [5.41, 5.74) is 2.36. The SMILES string of the molecule is CCN1C(=O)/C(=C\c2ccc(OCc3ccc(Cl)cc3Cl)c(OC)c2)SC1=Nc1ccc(OC)cc1. The van der Waals surface area contributed by atoms with Gasteiger partial charge in [-0.1, -0.05) is 35.3 Å². The lowest BCUT2D eigenvalue weighted by Gasteiger charge is -2.13. The van der Waals surface area contributed by atoms with Crippen LogP contribution in [0.1, 0.15) is 18.1 Å². The second-order valence-electron chi connectivity index (χ2n) is 7.69. The van der Waals surface area contributed by atoms with Gasteiger partial charge in [-0.2, -0.15) is 0 Å². The summed E-state index contributed by atoms with van der Waals surface area (Å²) in [6, 6.07) is 18.2. The number of hydrogen-bond acceptors (Lipinski definition) is 6. The van der Waals surface area contributed by atoms with Gasteiger partial charge in [0.15, 0.2) is 16.7 Å². The Morgan fingerprint density at radius 2 is 1.75 bits per heavy atom. The van der Waals surface area contributed by atoms with Crippen molar-refractivity contribution in [3.05, 3.63) is 86.7 Å². The fourth-order valence-corrected chi connectivity index (χ4v) is 5.00. The molecule has 4 rings (SSSR count). The Balaban J connectivity index is 1.53. The van der Waals surface area contributed by atoms with E-state index in [1.54, 1.807) is 31.3 Å². The summed E-state index contributed by atoms with van der Waals surface area (Å²) < 4.78 is 16.7. The van der Waals surface area contributed by atoms with E-state index in [9.17, 15) is 4.79 Å². The highest BCUT2D eigenvalue weighted by atomic mass is 35.5. The first-order chi connectivity index (χ1) is 17.4. The largest absolute Gasteiger partial charge is 0.497 e. The number of halogens is 2. The second-order valence-corrected chi connectivity index (χ2v) is 9.54. The van der Waals surface area contributed by atoms with E-state index in [1.807, 2.05) is 61.5 Å². The second kappa shape index (κ2) is 11.7. The van der Waals surface area contributed by atoms with Crippen LogP contribution in [0, 0.1) is 0 Å². The van der Waals surface area contributed by atoms with Crippen LogP contribution in [0.25, 0.3) is 6.08 Å². The summed E-state index contributed by atoms with van der Waals surface area (Å²) in [4.78, 5) is 19.9. The molecule has 36 heavy (non-hydrogen) atoms. The Hall–Kier alpha value is -3.13. The maximum absolute atomic E-state index is 13.0. The number of likely N-dealkylation sites (N-methyl/N-ethyl adjacent to an activating group) is 1. The third kappa shape index (κ3) is 5.98. The van der Waals surface area contributed by atoms with Crippen molar-refractivity contribution >= 4 is 57.8 Å². The monoisotopic (exact) mass is 542 g/mol. The molecule has 1 saturated heterocycles. The number of amidine groups is 1. The number of rotatable bonds is 8. The lowest BCUT2D eigenvalue weighted by Crippen LogP contribution is -2.28. The number of carbonyl (C=O) groups excluding carboxylic acids is 1. The molecule has 0 aliphatic carbocycles. The maximum atomic E-state index is 13.0. The third-order valence-corrected chi connectivity index (χ3v) is 6.98. The minimum absolute atomic E-state index is 0.0913. The summed E-state index contributed by atoms with van der Waals surface area (Å²) in [7, 11) is 3.19. The first-order valence-corrected chi connectivity index (χ1v) is 12.7. The van der Waals surface area contributed by atoms with Crippen LogP contribution in [-0.2, 0) is 11.4 Å². The van der Waals surface area contributed by atoms with Gasteiger partial charge >= 0.3 is 0 Å². The predicted octanol–water partition coefficient (Wildman–Crippen LogP) is 7.21. The molecule has 6 nitrogen and oxygen atoms in total. The predicted molar refractivity (Wildman–Crippen MR) is 147 cm³/mol. The molecule has 0 aromatic heterocycles. The van der Waals surface area contributed by atoms with E-state index in [4.69, 9.17) is 37.4 Å². The van der Waals surface area contributed by atoms with Crippen molar-refractivity contribution in [3.63, 3.8) is 0 Å². The molecule has 3 aromatic carbocycles. The van der Waals surface area contributed by atoms with E-state index in [0.717, 1.165) is 22.6 Å². The molecule has 0 atom stereocenters. The molecule has 0 saturated carbocycles. The molecule has 3 aromatic rings. The van der Waals surface area contributed by atoms with Crippen LogP contribution in [0.2, 0.25) is 10.0 Å². The fourth-order valence-electron chi connectivity index (χ4n) is 3.48. The highest BCUT2D eigenvalue weighted by Crippen LogP contribution is 2.36. The third-order valence-electron chi connectivity index (χ3n) is 5.39. The number of thioether (sulfide) groups is 1. The number of methoxy groups -OCH3 is 2. The summed E-state index contributed by atoms with van der Waals surface area (Å²) in [5.74, 6) is 1.77. The zero-order valence-corrected chi connectivity index (χ0v) is 22.3. The standard InChI is InChI=1S/C27H24Cl2N2O4S/c1-4-31-26(32)25(36-27(31)30-20-8-10-21(33-2)11-9-20)14-17-5-12-23(24(13-17)34-3)35-16-18-6-7-19(28)15-22(18)29/h5-15H,4,16H2,1-3H3/b25-14+,30-27?. The quantitative estimate of drug-likeness (QED) is 0.281. The van der Waals surface area contributed by atoms with Gasteiger partial charge in [0.05, 0.1) is 24.8 Å². The topological polar surface area (TPSA) is 60.4 Å². The molecule has 9 heteroatoms. The number of benzene rings is 3. The normalized spacial score (nSPS) is 15.6. The number of ether oxygens (including phenoxy) is 3. The average Bonchev–Trinajstić information content (AvgIpc) is 3.17. The van der Waals surface area contributed by atoms with Gasteiger partial charge in [-0.3, -0.25) is 9.69 Å². The van der Waals surface area contributed by atoms with E-state index in [1.165, 1.54) is 11.8 Å². The smallest absolute Gasteiger partial charge is 0.266 e. The molecular weight excluding hydrogens is 519 g/mol. The fraction of sp³-hybridized carbons (Fsp3) is 0.185. The van der Waals surface area contributed by atoms with Crippen molar-refractivity contribution < 1.29 is 19.0 Å². The first kappa shape index (κ1) is 25.9. The Morgan fingerprint density at radius 1 is 0.972 bits per heavy atom. The minimum Gasteiger partial charge on any atom is -0.497 e. The average molecular weight is 543 g/mol. The van der Waals surface area contributed by atoms with Crippen molar-refractivity contribution in [2.45, 2.75) is 13.5 Å².